The summed E-state index contributed by atoms with van der Waals surface area (Å²) in [5.41, 5.74) is 0. The van der Waals surface area contributed by atoms with E-state index in [-0.39, 0.29) is 6.42 Å². The minimum Gasteiger partial charge on any atom is -0.481 e. The Kier molecular flexibility index (Phi) is 4.77. The van der Waals surface area contributed by atoms with Crippen LogP contribution in [-0.4, -0.2) is 33.2 Å². The molecule has 0 radical (unpaired) electrons. The number of rotatable bonds is 6. The van der Waals surface area contributed by atoms with Crippen molar-refractivity contribution < 1.29 is 29.7 Å². The number of carboxylic acid groups (broad SMARTS) is 3. The molecule has 0 aliphatic rings. The van der Waals surface area contributed by atoms with Gasteiger partial charge in [-0.05, 0) is 6.42 Å². The molecule has 15 heavy (non-hydrogen) atoms. The quantitative estimate of drug-likeness (QED) is 0.599. The first-order chi connectivity index (χ1) is 6.82. The first-order valence-corrected chi connectivity index (χ1v) is 4.51. The highest BCUT2D eigenvalue weighted by Crippen LogP contribution is 2.25. The van der Waals surface area contributed by atoms with E-state index >= 15 is 0 Å². The van der Waals surface area contributed by atoms with Crippen molar-refractivity contribution in [1.29, 1.82) is 0 Å². The van der Waals surface area contributed by atoms with Gasteiger partial charge in [-0.15, -0.1) is 0 Å². The third kappa shape index (κ3) is 3.23. The molecule has 0 fully saturated rings. The van der Waals surface area contributed by atoms with Crippen molar-refractivity contribution in [3.8, 4) is 0 Å². The molecule has 3 N–H and O–H groups in total. The predicted molar refractivity (Wildman–Crippen MR) is 49.3 cm³/mol. The van der Waals surface area contributed by atoms with Crippen LogP contribution in [0.4, 0.5) is 0 Å². The molecule has 0 heterocycles. The minimum absolute atomic E-state index is 0.0872. The van der Waals surface area contributed by atoms with Crippen LogP contribution in [0.2, 0.25) is 0 Å². The summed E-state index contributed by atoms with van der Waals surface area (Å²) in [6, 6.07) is 0. The van der Waals surface area contributed by atoms with E-state index in [1.807, 2.05) is 0 Å². The molecule has 0 aromatic rings. The molecule has 0 bridgehead atoms. The Labute approximate surface area is 86.5 Å². The molecule has 6 nitrogen and oxygen atoms in total. The van der Waals surface area contributed by atoms with E-state index in [1.54, 1.807) is 0 Å². The highest BCUT2D eigenvalue weighted by molar-refractivity contribution is 5.85. The molecule has 0 amide bonds. The van der Waals surface area contributed by atoms with Gasteiger partial charge in [-0.1, -0.05) is 13.8 Å². The van der Waals surface area contributed by atoms with Crippen molar-refractivity contribution in [2.24, 2.45) is 17.8 Å². The summed E-state index contributed by atoms with van der Waals surface area (Å²) in [6.45, 7) is 2.72. The summed E-state index contributed by atoms with van der Waals surface area (Å²) in [5.74, 6) is -7.76. The summed E-state index contributed by atoms with van der Waals surface area (Å²) in [4.78, 5) is 32.2. The Morgan fingerprint density at radius 3 is 1.67 bits per heavy atom. The molecular weight excluding hydrogens is 204 g/mol. The second-order valence-corrected chi connectivity index (χ2v) is 3.34. The normalized spacial score (nSPS) is 16.4. The van der Waals surface area contributed by atoms with E-state index < -0.39 is 35.7 Å². The van der Waals surface area contributed by atoms with E-state index in [1.165, 1.54) is 13.8 Å². The predicted octanol–water partition coefficient (Wildman–Crippen LogP) is 0.519. The van der Waals surface area contributed by atoms with E-state index in [4.69, 9.17) is 15.3 Å². The Hall–Kier alpha value is -1.59. The maximum absolute atomic E-state index is 10.8. The number of hydrogen-bond donors (Lipinski definition) is 3. The summed E-state index contributed by atoms with van der Waals surface area (Å²) in [7, 11) is 0. The van der Waals surface area contributed by atoms with Gasteiger partial charge in [0.1, 0.15) is 0 Å². The Balaban J connectivity index is 5.02. The first kappa shape index (κ1) is 13.4. The molecule has 0 spiro atoms. The molecule has 0 saturated heterocycles. The first-order valence-electron chi connectivity index (χ1n) is 4.51. The van der Waals surface area contributed by atoms with Crippen molar-refractivity contribution in [3.63, 3.8) is 0 Å². The summed E-state index contributed by atoms with van der Waals surface area (Å²) < 4.78 is 0. The van der Waals surface area contributed by atoms with Crippen LogP contribution in [0.3, 0.4) is 0 Å². The smallest absolute Gasteiger partial charge is 0.308 e. The van der Waals surface area contributed by atoms with Crippen LogP contribution in [0.15, 0.2) is 0 Å². The molecule has 0 saturated carbocycles. The van der Waals surface area contributed by atoms with Gasteiger partial charge in [0.25, 0.3) is 0 Å². The van der Waals surface area contributed by atoms with Crippen LogP contribution in [0.1, 0.15) is 20.3 Å². The molecule has 0 aliphatic heterocycles. The lowest BCUT2D eigenvalue weighted by molar-refractivity contribution is -0.161. The lowest BCUT2D eigenvalue weighted by Crippen LogP contribution is -2.37. The molecule has 6 heteroatoms. The van der Waals surface area contributed by atoms with E-state index in [0.29, 0.717) is 0 Å². The summed E-state index contributed by atoms with van der Waals surface area (Å²) in [6.07, 6.45) is 0.0872. The van der Waals surface area contributed by atoms with Crippen molar-refractivity contribution in [2.45, 2.75) is 20.3 Å². The van der Waals surface area contributed by atoms with Gasteiger partial charge in [-0.3, -0.25) is 14.4 Å². The van der Waals surface area contributed by atoms with Gasteiger partial charge in [-0.25, -0.2) is 0 Å². The van der Waals surface area contributed by atoms with Gasteiger partial charge in [0.05, 0.1) is 17.8 Å². The zero-order valence-electron chi connectivity index (χ0n) is 8.51. The standard InChI is InChI=1S/C9H14O6/c1-3-5(8(12)13)6(9(14)15)4(2)7(10)11/h4-6H,3H2,1-2H3,(H,10,11)(H,12,13)(H,14,15). The van der Waals surface area contributed by atoms with Crippen LogP contribution >= 0.6 is 0 Å². The van der Waals surface area contributed by atoms with Crippen LogP contribution in [0.25, 0.3) is 0 Å². The maximum atomic E-state index is 10.8. The van der Waals surface area contributed by atoms with E-state index in [0.717, 1.165) is 0 Å². The molecule has 0 aromatic carbocycles. The van der Waals surface area contributed by atoms with Crippen LogP contribution < -0.4 is 0 Å². The molecule has 0 rings (SSSR count). The second kappa shape index (κ2) is 5.33. The van der Waals surface area contributed by atoms with Gasteiger partial charge >= 0.3 is 17.9 Å². The zero-order chi connectivity index (χ0) is 12.2. The third-order valence-corrected chi connectivity index (χ3v) is 2.40. The molecule has 86 valence electrons. The SMILES string of the molecule is CCC(C(=O)O)C(C(=O)O)C(C)C(=O)O. The van der Waals surface area contributed by atoms with Crippen molar-refractivity contribution in [3.05, 3.63) is 0 Å². The Bertz CT molecular complexity index is 272. The van der Waals surface area contributed by atoms with Crippen LogP contribution in [-0.2, 0) is 14.4 Å². The lowest BCUT2D eigenvalue weighted by Gasteiger charge is -2.22. The molecule has 0 aromatic heterocycles. The highest BCUT2D eigenvalue weighted by Gasteiger charge is 2.39. The number of carbonyl (C=O) groups is 3. The lowest BCUT2D eigenvalue weighted by atomic mass is 9.81. The van der Waals surface area contributed by atoms with Crippen molar-refractivity contribution >= 4 is 17.9 Å². The third-order valence-electron chi connectivity index (χ3n) is 2.40. The van der Waals surface area contributed by atoms with Crippen LogP contribution in [0, 0.1) is 17.8 Å². The van der Waals surface area contributed by atoms with Gasteiger partial charge < -0.3 is 15.3 Å². The molecule has 0 aliphatic carbocycles. The summed E-state index contributed by atoms with van der Waals surface area (Å²) in [5, 5.41) is 26.3. The van der Waals surface area contributed by atoms with Crippen LogP contribution in [0.5, 0.6) is 0 Å². The second-order valence-electron chi connectivity index (χ2n) is 3.34. The molecular formula is C9H14O6. The molecule has 3 unspecified atom stereocenters. The van der Waals surface area contributed by atoms with Gasteiger partial charge in [0.2, 0.25) is 0 Å². The molecule has 3 atom stereocenters. The average molecular weight is 218 g/mol. The Morgan fingerprint density at radius 1 is 1.00 bits per heavy atom. The zero-order valence-corrected chi connectivity index (χ0v) is 8.51. The van der Waals surface area contributed by atoms with Gasteiger partial charge in [0, 0.05) is 0 Å². The maximum Gasteiger partial charge on any atom is 0.308 e. The van der Waals surface area contributed by atoms with Gasteiger partial charge in [0.15, 0.2) is 0 Å². The largest absolute Gasteiger partial charge is 0.481 e. The van der Waals surface area contributed by atoms with E-state index in [9.17, 15) is 14.4 Å². The highest BCUT2D eigenvalue weighted by atomic mass is 16.4. The fraction of sp³-hybridized carbons (Fsp3) is 0.667. The topological polar surface area (TPSA) is 112 Å². The fourth-order valence-electron chi connectivity index (χ4n) is 1.47. The number of hydrogen-bond acceptors (Lipinski definition) is 3. The average Bonchev–Trinajstić information content (AvgIpc) is 2.11. The number of carboxylic acids is 3. The monoisotopic (exact) mass is 218 g/mol. The van der Waals surface area contributed by atoms with E-state index in [2.05, 4.69) is 0 Å². The van der Waals surface area contributed by atoms with Gasteiger partial charge in [-0.2, -0.15) is 0 Å². The summed E-state index contributed by atoms with van der Waals surface area (Å²) >= 11 is 0. The minimum atomic E-state index is -1.40. The number of aliphatic carboxylic acids is 3. The van der Waals surface area contributed by atoms with Crippen molar-refractivity contribution in [2.75, 3.05) is 0 Å². The fourth-order valence-corrected chi connectivity index (χ4v) is 1.47. The van der Waals surface area contributed by atoms with Crippen molar-refractivity contribution in [1.82, 2.24) is 0 Å². The Morgan fingerprint density at radius 2 is 1.47 bits per heavy atom.